The van der Waals surface area contributed by atoms with Crippen molar-refractivity contribution in [1.82, 2.24) is 4.31 Å². The number of piperidine rings is 1. The third-order valence-electron chi connectivity index (χ3n) is 3.48. The monoisotopic (exact) mass is 313 g/mol. The van der Waals surface area contributed by atoms with Crippen LogP contribution in [0.15, 0.2) is 30.3 Å². The number of sulfonamides is 1. The van der Waals surface area contributed by atoms with E-state index in [9.17, 15) is 13.2 Å². The second-order valence-corrected chi connectivity index (χ2v) is 7.10. The zero-order chi connectivity index (χ0) is 15.3. The summed E-state index contributed by atoms with van der Waals surface area (Å²) in [6.07, 6.45) is 1.11. The highest BCUT2D eigenvalue weighted by Crippen LogP contribution is 2.19. The van der Waals surface area contributed by atoms with Crippen LogP contribution in [0.4, 0.5) is 0 Å². The van der Waals surface area contributed by atoms with E-state index in [1.165, 1.54) is 4.31 Å². The van der Waals surface area contributed by atoms with Crippen LogP contribution in [0.5, 0.6) is 5.75 Å². The molecule has 0 aliphatic carbocycles. The highest BCUT2D eigenvalue weighted by molar-refractivity contribution is 7.89. The molecule has 0 radical (unpaired) electrons. The van der Waals surface area contributed by atoms with E-state index in [1.54, 1.807) is 12.1 Å². The van der Waals surface area contributed by atoms with Crippen LogP contribution in [0.3, 0.4) is 0 Å². The third kappa shape index (κ3) is 4.44. The first-order chi connectivity index (χ1) is 9.99. The average molecular weight is 313 g/mol. The fourth-order valence-corrected chi connectivity index (χ4v) is 3.67. The summed E-state index contributed by atoms with van der Waals surface area (Å²) in [6.45, 7) is 0.501. The number of para-hydroxylation sites is 1. The predicted octanol–water partition coefficient (Wildman–Crippen LogP) is 1.19. The van der Waals surface area contributed by atoms with Crippen LogP contribution in [0.1, 0.15) is 12.8 Å². The molecule has 0 bridgehead atoms. The smallest absolute Gasteiger partial charge is 0.307 e. The molecule has 1 aliphatic heterocycles. The number of carbonyl (C=O) groups is 1. The molecule has 0 amide bonds. The van der Waals surface area contributed by atoms with E-state index in [0.29, 0.717) is 25.1 Å². The molecule has 1 aromatic rings. The second kappa shape index (κ2) is 6.91. The van der Waals surface area contributed by atoms with Crippen LogP contribution in [0.2, 0.25) is 0 Å². The highest BCUT2D eigenvalue weighted by atomic mass is 32.2. The Labute approximate surface area is 124 Å². The number of hydrogen-bond donors (Lipinski definition) is 1. The summed E-state index contributed by atoms with van der Waals surface area (Å²) >= 11 is 0. The maximum atomic E-state index is 12.2. The van der Waals surface area contributed by atoms with Crippen molar-refractivity contribution < 1.29 is 23.1 Å². The number of benzene rings is 1. The summed E-state index contributed by atoms with van der Waals surface area (Å²) in [7, 11) is -3.47. The van der Waals surface area contributed by atoms with Gasteiger partial charge in [0.05, 0.1) is 11.7 Å². The molecule has 1 N–H and O–H groups in total. The SMILES string of the molecule is O=C(O)C1CCCN(S(=O)(=O)CCOc2ccccc2)C1. The lowest BCUT2D eigenvalue weighted by Crippen LogP contribution is -2.43. The number of carboxylic acid groups (broad SMARTS) is 1. The van der Waals surface area contributed by atoms with Gasteiger partial charge in [0.2, 0.25) is 10.0 Å². The Hall–Kier alpha value is -1.60. The molecule has 21 heavy (non-hydrogen) atoms. The zero-order valence-electron chi connectivity index (χ0n) is 11.6. The van der Waals surface area contributed by atoms with Crippen LogP contribution in [-0.2, 0) is 14.8 Å². The Bertz CT molecular complexity index is 572. The first-order valence-corrected chi connectivity index (χ1v) is 8.48. The highest BCUT2D eigenvalue weighted by Gasteiger charge is 2.31. The molecule has 1 unspecified atom stereocenters. The van der Waals surface area contributed by atoms with Gasteiger partial charge in [0, 0.05) is 13.1 Å². The Kier molecular flexibility index (Phi) is 5.19. The van der Waals surface area contributed by atoms with Crippen LogP contribution < -0.4 is 4.74 Å². The lowest BCUT2D eigenvalue weighted by Gasteiger charge is -2.29. The number of rotatable bonds is 6. The molecule has 6 nitrogen and oxygen atoms in total. The molecule has 1 saturated heterocycles. The van der Waals surface area contributed by atoms with Crippen molar-refractivity contribution >= 4 is 16.0 Å². The lowest BCUT2D eigenvalue weighted by atomic mass is 10.0. The lowest BCUT2D eigenvalue weighted by molar-refractivity contribution is -0.142. The first kappa shape index (κ1) is 15.8. The standard InChI is InChI=1S/C14H19NO5S/c16-14(17)12-5-4-8-15(11-12)21(18,19)10-9-20-13-6-2-1-3-7-13/h1-3,6-7,12H,4-5,8-11H2,(H,16,17). The van der Waals surface area contributed by atoms with Crippen molar-refractivity contribution in [3.63, 3.8) is 0 Å². The molecule has 2 rings (SSSR count). The molecule has 0 spiro atoms. The molecule has 1 heterocycles. The largest absolute Gasteiger partial charge is 0.492 e. The molecular weight excluding hydrogens is 294 g/mol. The van der Waals surface area contributed by atoms with Crippen LogP contribution in [0.25, 0.3) is 0 Å². The molecule has 116 valence electrons. The van der Waals surface area contributed by atoms with Gasteiger partial charge in [0.15, 0.2) is 0 Å². The molecule has 0 saturated carbocycles. The summed E-state index contributed by atoms with van der Waals surface area (Å²) in [5.74, 6) is -1.07. The minimum atomic E-state index is -3.47. The third-order valence-corrected chi connectivity index (χ3v) is 5.28. The van der Waals surface area contributed by atoms with Gasteiger partial charge in [-0.15, -0.1) is 0 Å². The molecule has 0 aromatic heterocycles. The van der Waals surface area contributed by atoms with Gasteiger partial charge >= 0.3 is 5.97 Å². The summed E-state index contributed by atoms with van der Waals surface area (Å²) in [5.41, 5.74) is 0. The molecule has 1 fully saturated rings. The fraction of sp³-hybridized carbons (Fsp3) is 0.500. The van der Waals surface area contributed by atoms with Gasteiger partial charge in [-0.05, 0) is 25.0 Å². The van der Waals surface area contributed by atoms with Crippen molar-refractivity contribution in [2.24, 2.45) is 5.92 Å². The van der Waals surface area contributed by atoms with E-state index in [1.807, 2.05) is 18.2 Å². The first-order valence-electron chi connectivity index (χ1n) is 6.87. The van der Waals surface area contributed by atoms with Crippen molar-refractivity contribution in [3.8, 4) is 5.75 Å². The topological polar surface area (TPSA) is 83.9 Å². The normalized spacial score (nSPS) is 20.1. The van der Waals surface area contributed by atoms with Gasteiger partial charge in [-0.2, -0.15) is 0 Å². The number of aliphatic carboxylic acids is 1. The fourth-order valence-electron chi connectivity index (χ4n) is 2.31. The quantitative estimate of drug-likeness (QED) is 0.853. The molecule has 1 atom stereocenters. The van der Waals surface area contributed by atoms with Gasteiger partial charge in [0.25, 0.3) is 0 Å². The van der Waals surface area contributed by atoms with E-state index >= 15 is 0 Å². The Morgan fingerprint density at radius 1 is 1.33 bits per heavy atom. The summed E-state index contributed by atoms with van der Waals surface area (Å²) in [4.78, 5) is 11.0. The number of carboxylic acids is 1. The molecule has 1 aliphatic rings. The summed E-state index contributed by atoms with van der Waals surface area (Å²) < 4.78 is 31.0. The van der Waals surface area contributed by atoms with Crippen LogP contribution >= 0.6 is 0 Å². The van der Waals surface area contributed by atoms with E-state index in [4.69, 9.17) is 9.84 Å². The number of hydrogen-bond acceptors (Lipinski definition) is 4. The van der Waals surface area contributed by atoms with E-state index in [2.05, 4.69) is 0 Å². The van der Waals surface area contributed by atoms with Crippen LogP contribution in [0, 0.1) is 5.92 Å². The van der Waals surface area contributed by atoms with Gasteiger partial charge in [0.1, 0.15) is 12.4 Å². The average Bonchev–Trinajstić information content (AvgIpc) is 2.48. The van der Waals surface area contributed by atoms with Crippen molar-refractivity contribution in [1.29, 1.82) is 0 Å². The predicted molar refractivity (Wildman–Crippen MR) is 77.7 cm³/mol. The van der Waals surface area contributed by atoms with Gasteiger partial charge in [-0.1, -0.05) is 18.2 Å². The van der Waals surface area contributed by atoms with Crippen molar-refractivity contribution in [2.45, 2.75) is 12.8 Å². The van der Waals surface area contributed by atoms with Crippen molar-refractivity contribution in [2.75, 3.05) is 25.4 Å². The Balaban J connectivity index is 1.88. The number of nitrogens with zero attached hydrogens (tertiary/aromatic N) is 1. The van der Waals surface area contributed by atoms with Crippen LogP contribution in [-0.4, -0.2) is 49.2 Å². The minimum Gasteiger partial charge on any atom is -0.492 e. The van der Waals surface area contributed by atoms with Gasteiger partial charge in [-0.3, -0.25) is 4.79 Å². The van der Waals surface area contributed by atoms with Crippen molar-refractivity contribution in [3.05, 3.63) is 30.3 Å². The Morgan fingerprint density at radius 3 is 2.71 bits per heavy atom. The second-order valence-electron chi connectivity index (χ2n) is 5.01. The Morgan fingerprint density at radius 2 is 2.05 bits per heavy atom. The van der Waals surface area contributed by atoms with Gasteiger partial charge < -0.3 is 9.84 Å². The zero-order valence-corrected chi connectivity index (χ0v) is 12.5. The maximum Gasteiger partial charge on any atom is 0.307 e. The van der Waals surface area contributed by atoms with Gasteiger partial charge in [-0.25, -0.2) is 12.7 Å². The van der Waals surface area contributed by atoms with E-state index in [-0.39, 0.29) is 18.9 Å². The molecule has 1 aromatic carbocycles. The van der Waals surface area contributed by atoms with E-state index in [0.717, 1.165) is 0 Å². The molecular formula is C14H19NO5S. The molecule has 7 heteroatoms. The maximum absolute atomic E-state index is 12.2. The van der Waals surface area contributed by atoms with E-state index < -0.39 is 21.9 Å². The minimum absolute atomic E-state index is 0.0561. The number of ether oxygens (including phenoxy) is 1. The summed E-state index contributed by atoms with van der Waals surface area (Å²) in [6, 6.07) is 8.99. The summed E-state index contributed by atoms with van der Waals surface area (Å²) in [5, 5.41) is 9.00.